The molecule has 0 unspecified atom stereocenters. The molecule has 134 valence electrons. The molecule has 1 amide bonds. The van der Waals surface area contributed by atoms with Crippen LogP contribution in [0.2, 0.25) is 0 Å². The van der Waals surface area contributed by atoms with Crippen molar-refractivity contribution < 1.29 is 18.0 Å². The van der Waals surface area contributed by atoms with Crippen LogP contribution in [0.15, 0.2) is 42.6 Å². The van der Waals surface area contributed by atoms with Crippen LogP contribution in [0.4, 0.5) is 13.2 Å². The normalized spacial score (nSPS) is 15.2. The monoisotopic (exact) mass is 360 g/mol. The number of amides is 1. The van der Waals surface area contributed by atoms with Crippen LogP contribution in [0, 0.1) is 0 Å². The van der Waals surface area contributed by atoms with Crippen molar-refractivity contribution in [2.45, 2.75) is 25.6 Å². The van der Waals surface area contributed by atoms with Crippen LogP contribution in [0.5, 0.6) is 0 Å². The van der Waals surface area contributed by atoms with E-state index in [0.29, 0.717) is 18.7 Å². The van der Waals surface area contributed by atoms with Gasteiger partial charge in [-0.3, -0.25) is 4.79 Å². The van der Waals surface area contributed by atoms with Crippen LogP contribution in [0.1, 0.15) is 24.1 Å². The number of rotatable bonds is 3. The Morgan fingerprint density at radius 2 is 1.88 bits per heavy atom. The third-order valence-electron chi connectivity index (χ3n) is 4.44. The molecule has 0 saturated carbocycles. The molecule has 0 spiro atoms. The average molecular weight is 360 g/mol. The maximum Gasteiger partial charge on any atom is 0.435 e. The Morgan fingerprint density at radius 1 is 1.12 bits per heavy atom. The maximum absolute atomic E-state index is 13.2. The van der Waals surface area contributed by atoms with E-state index in [2.05, 4.69) is 10.1 Å². The van der Waals surface area contributed by atoms with Gasteiger partial charge in [0.25, 0.3) is 0 Å². The lowest BCUT2D eigenvalue weighted by Gasteiger charge is -2.15. The summed E-state index contributed by atoms with van der Waals surface area (Å²) in [6.07, 6.45) is -1.68. The fraction of sp³-hybridized carbons (Fsp3) is 0.278. The van der Waals surface area contributed by atoms with Crippen LogP contribution in [-0.4, -0.2) is 32.1 Å². The van der Waals surface area contributed by atoms with Crippen molar-refractivity contribution in [1.29, 1.82) is 0 Å². The van der Waals surface area contributed by atoms with Gasteiger partial charge in [-0.2, -0.15) is 18.3 Å². The van der Waals surface area contributed by atoms with Crippen LogP contribution < -0.4 is 0 Å². The van der Waals surface area contributed by atoms with Gasteiger partial charge in [0.15, 0.2) is 11.3 Å². The van der Waals surface area contributed by atoms with E-state index in [0.717, 1.165) is 18.5 Å². The van der Waals surface area contributed by atoms with Crippen molar-refractivity contribution in [2.75, 3.05) is 6.54 Å². The predicted molar refractivity (Wildman–Crippen MR) is 88.5 cm³/mol. The minimum atomic E-state index is -4.55. The quantitative estimate of drug-likeness (QED) is 0.718. The van der Waals surface area contributed by atoms with Crippen molar-refractivity contribution in [3.8, 4) is 5.69 Å². The summed E-state index contributed by atoms with van der Waals surface area (Å²) in [6, 6.07) is 9.80. The molecular formula is C18H15F3N4O. The van der Waals surface area contributed by atoms with Gasteiger partial charge in [0.2, 0.25) is 5.91 Å². The SMILES string of the molecule is O=C1CCCN1Cc1ccc(-n2nc(C(F)(F)F)c3cccnc32)cc1. The number of alkyl halides is 3. The topological polar surface area (TPSA) is 51.0 Å². The van der Waals surface area contributed by atoms with Gasteiger partial charge in [-0.15, -0.1) is 0 Å². The first kappa shape index (κ1) is 16.6. The van der Waals surface area contributed by atoms with E-state index >= 15 is 0 Å². The van der Waals surface area contributed by atoms with E-state index in [9.17, 15) is 18.0 Å². The number of nitrogens with zero attached hydrogens (tertiary/aromatic N) is 4. The molecule has 5 nitrogen and oxygen atoms in total. The Kier molecular flexibility index (Phi) is 3.90. The number of halogens is 3. The summed E-state index contributed by atoms with van der Waals surface area (Å²) in [5, 5.41) is 3.71. The van der Waals surface area contributed by atoms with E-state index in [-0.39, 0.29) is 16.9 Å². The van der Waals surface area contributed by atoms with E-state index in [1.807, 2.05) is 0 Å². The third-order valence-corrected chi connectivity index (χ3v) is 4.44. The molecule has 0 N–H and O–H groups in total. The fourth-order valence-electron chi connectivity index (χ4n) is 3.18. The second kappa shape index (κ2) is 6.12. The summed E-state index contributed by atoms with van der Waals surface area (Å²) in [7, 11) is 0. The Hall–Kier alpha value is -2.90. The molecule has 0 aliphatic carbocycles. The Morgan fingerprint density at radius 3 is 2.54 bits per heavy atom. The smallest absolute Gasteiger partial charge is 0.338 e. The number of likely N-dealkylation sites (tertiary alicyclic amines) is 1. The highest BCUT2D eigenvalue weighted by molar-refractivity contribution is 5.80. The number of carbonyl (C=O) groups is 1. The molecule has 0 atom stereocenters. The van der Waals surface area contributed by atoms with E-state index in [1.165, 1.54) is 23.0 Å². The highest BCUT2D eigenvalue weighted by atomic mass is 19.4. The van der Waals surface area contributed by atoms with Gasteiger partial charge in [-0.1, -0.05) is 12.1 Å². The average Bonchev–Trinajstić information content (AvgIpc) is 3.19. The fourth-order valence-corrected chi connectivity index (χ4v) is 3.18. The minimum absolute atomic E-state index is 0.0354. The van der Waals surface area contributed by atoms with Crippen molar-refractivity contribution in [3.05, 3.63) is 53.9 Å². The molecule has 0 bridgehead atoms. The first-order valence-electron chi connectivity index (χ1n) is 8.21. The van der Waals surface area contributed by atoms with Crippen LogP contribution >= 0.6 is 0 Å². The molecule has 1 fully saturated rings. The molecule has 2 aromatic heterocycles. The van der Waals surface area contributed by atoms with Crippen molar-refractivity contribution >= 4 is 16.9 Å². The summed E-state index contributed by atoms with van der Waals surface area (Å²) in [5.41, 5.74) is 0.611. The van der Waals surface area contributed by atoms with E-state index in [1.54, 1.807) is 29.2 Å². The minimum Gasteiger partial charge on any atom is -0.338 e. The molecule has 1 aromatic carbocycles. The number of pyridine rings is 1. The molecule has 4 rings (SSSR count). The third kappa shape index (κ3) is 2.91. The second-order valence-corrected chi connectivity index (χ2v) is 6.22. The van der Waals surface area contributed by atoms with Gasteiger partial charge in [0.05, 0.1) is 11.1 Å². The Labute approximate surface area is 147 Å². The van der Waals surface area contributed by atoms with Gasteiger partial charge in [0, 0.05) is 25.7 Å². The van der Waals surface area contributed by atoms with Gasteiger partial charge in [-0.05, 0) is 36.2 Å². The largest absolute Gasteiger partial charge is 0.435 e. The summed E-state index contributed by atoms with van der Waals surface area (Å²) >= 11 is 0. The lowest BCUT2D eigenvalue weighted by molar-refractivity contribution is -0.140. The summed E-state index contributed by atoms with van der Waals surface area (Å²) in [4.78, 5) is 17.5. The molecule has 3 heterocycles. The lowest BCUT2D eigenvalue weighted by atomic mass is 10.2. The molecule has 1 aliphatic heterocycles. The van der Waals surface area contributed by atoms with Crippen molar-refractivity contribution in [2.24, 2.45) is 0 Å². The number of fused-ring (bicyclic) bond motifs is 1. The number of hydrogen-bond acceptors (Lipinski definition) is 3. The zero-order valence-electron chi connectivity index (χ0n) is 13.7. The zero-order chi connectivity index (χ0) is 18.3. The molecule has 8 heteroatoms. The number of hydrogen-bond donors (Lipinski definition) is 0. The van der Waals surface area contributed by atoms with Gasteiger partial charge in [0.1, 0.15) is 0 Å². The molecule has 1 saturated heterocycles. The van der Waals surface area contributed by atoms with Gasteiger partial charge in [-0.25, -0.2) is 9.67 Å². The van der Waals surface area contributed by atoms with Crippen molar-refractivity contribution in [3.63, 3.8) is 0 Å². The van der Waals surface area contributed by atoms with Crippen LogP contribution in [0.3, 0.4) is 0 Å². The number of carbonyl (C=O) groups excluding carboxylic acids is 1. The van der Waals surface area contributed by atoms with Gasteiger partial charge < -0.3 is 4.90 Å². The molecule has 1 aliphatic rings. The predicted octanol–water partition coefficient (Wildman–Crippen LogP) is 3.56. The summed E-state index contributed by atoms with van der Waals surface area (Å²) < 4.78 is 40.9. The van der Waals surface area contributed by atoms with Gasteiger partial charge >= 0.3 is 6.18 Å². The zero-order valence-corrected chi connectivity index (χ0v) is 13.7. The highest BCUT2D eigenvalue weighted by Crippen LogP contribution is 2.34. The van der Waals surface area contributed by atoms with E-state index in [4.69, 9.17) is 0 Å². The first-order valence-corrected chi connectivity index (χ1v) is 8.21. The highest BCUT2D eigenvalue weighted by Gasteiger charge is 2.37. The Bertz CT molecular complexity index is 963. The Balaban J connectivity index is 1.68. The number of aromatic nitrogens is 3. The first-order chi connectivity index (χ1) is 12.4. The standard InChI is InChI=1S/C18H15F3N4O/c19-18(20,21)16-14-3-1-9-22-17(14)25(23-16)13-7-5-12(6-8-13)11-24-10-2-4-15(24)26/h1,3,5-9H,2,4,10-11H2. The van der Waals surface area contributed by atoms with Crippen molar-refractivity contribution in [1.82, 2.24) is 19.7 Å². The number of benzene rings is 1. The molecule has 26 heavy (non-hydrogen) atoms. The lowest BCUT2D eigenvalue weighted by Crippen LogP contribution is -2.23. The molecular weight excluding hydrogens is 345 g/mol. The second-order valence-electron chi connectivity index (χ2n) is 6.22. The van der Waals surface area contributed by atoms with Crippen LogP contribution in [-0.2, 0) is 17.5 Å². The van der Waals surface area contributed by atoms with Crippen LogP contribution in [0.25, 0.3) is 16.7 Å². The molecule has 0 radical (unpaired) electrons. The van der Waals surface area contributed by atoms with E-state index < -0.39 is 11.9 Å². The maximum atomic E-state index is 13.2. The summed E-state index contributed by atoms with van der Waals surface area (Å²) in [6.45, 7) is 1.24. The summed E-state index contributed by atoms with van der Waals surface area (Å²) in [5.74, 6) is 0.131. The molecule has 3 aromatic rings.